The van der Waals surface area contributed by atoms with Crippen molar-refractivity contribution in [2.45, 2.75) is 13.3 Å². The molecule has 0 atom stereocenters. The average molecular weight is 299 g/mol. The van der Waals surface area contributed by atoms with Gasteiger partial charge in [-0.2, -0.15) is 0 Å². The van der Waals surface area contributed by atoms with E-state index in [1.165, 1.54) is 19.2 Å². The number of H-pyrrole nitrogens is 1. The van der Waals surface area contributed by atoms with Crippen molar-refractivity contribution in [3.05, 3.63) is 55.6 Å². The Kier molecular flexibility index (Phi) is 3.94. The summed E-state index contributed by atoms with van der Waals surface area (Å²) < 4.78 is 19.3. The highest BCUT2D eigenvalue weighted by molar-refractivity contribution is 6.30. The van der Waals surface area contributed by atoms with E-state index in [2.05, 4.69) is 4.98 Å². The highest BCUT2D eigenvalue weighted by Gasteiger charge is 2.14. The second-order valence-corrected chi connectivity index (χ2v) is 4.41. The standard InChI is InChI=1S/C13H12ClFN2O3/c1-3-8-11(14)16-13(19)17(12(8)18)7-4-5-10(20-2)9(15)6-7/h4-6H,3H2,1-2H3,(H,16,19). The van der Waals surface area contributed by atoms with E-state index >= 15 is 0 Å². The Morgan fingerprint density at radius 3 is 2.65 bits per heavy atom. The van der Waals surface area contributed by atoms with Gasteiger partial charge in [-0.25, -0.2) is 13.8 Å². The topological polar surface area (TPSA) is 64.1 Å². The lowest BCUT2D eigenvalue weighted by Gasteiger charge is -2.09. The summed E-state index contributed by atoms with van der Waals surface area (Å²) in [6.07, 6.45) is 0.354. The molecular weight excluding hydrogens is 287 g/mol. The third-order valence-electron chi connectivity index (χ3n) is 2.89. The average Bonchev–Trinajstić information content (AvgIpc) is 2.39. The molecular formula is C13H12ClFN2O3. The van der Waals surface area contributed by atoms with Crippen LogP contribution in [0.1, 0.15) is 12.5 Å². The maximum absolute atomic E-state index is 13.7. The van der Waals surface area contributed by atoms with Crippen molar-refractivity contribution in [1.29, 1.82) is 0 Å². The van der Waals surface area contributed by atoms with Crippen molar-refractivity contribution < 1.29 is 9.13 Å². The van der Waals surface area contributed by atoms with Gasteiger partial charge in [0.2, 0.25) is 0 Å². The molecule has 1 N–H and O–H groups in total. The fourth-order valence-electron chi connectivity index (χ4n) is 1.88. The van der Waals surface area contributed by atoms with Crippen molar-refractivity contribution in [1.82, 2.24) is 9.55 Å². The minimum atomic E-state index is -0.721. The van der Waals surface area contributed by atoms with E-state index in [4.69, 9.17) is 16.3 Å². The fraction of sp³-hybridized carbons (Fsp3) is 0.231. The number of nitrogens with zero attached hydrogens (tertiary/aromatic N) is 1. The van der Waals surface area contributed by atoms with Crippen molar-refractivity contribution in [3.8, 4) is 11.4 Å². The summed E-state index contributed by atoms with van der Waals surface area (Å²) in [5, 5.41) is 0.00716. The smallest absolute Gasteiger partial charge is 0.334 e. The zero-order chi connectivity index (χ0) is 14.9. The third kappa shape index (κ3) is 2.34. The lowest BCUT2D eigenvalue weighted by atomic mass is 10.2. The molecule has 106 valence electrons. The SMILES string of the molecule is CCc1c(Cl)[nH]c(=O)n(-c2ccc(OC)c(F)c2)c1=O. The quantitative estimate of drug-likeness (QED) is 0.880. The van der Waals surface area contributed by atoms with Gasteiger partial charge in [-0.3, -0.25) is 9.78 Å². The first-order chi connectivity index (χ1) is 9.49. The van der Waals surface area contributed by atoms with Crippen molar-refractivity contribution >= 4 is 11.6 Å². The van der Waals surface area contributed by atoms with Gasteiger partial charge in [0.25, 0.3) is 5.56 Å². The van der Waals surface area contributed by atoms with E-state index in [1.807, 2.05) is 0 Å². The number of rotatable bonds is 3. The molecule has 20 heavy (non-hydrogen) atoms. The van der Waals surface area contributed by atoms with E-state index in [9.17, 15) is 14.0 Å². The normalized spacial score (nSPS) is 10.6. The first-order valence-electron chi connectivity index (χ1n) is 5.87. The van der Waals surface area contributed by atoms with Gasteiger partial charge >= 0.3 is 5.69 Å². The van der Waals surface area contributed by atoms with Crippen LogP contribution >= 0.6 is 11.6 Å². The molecule has 5 nitrogen and oxygen atoms in total. The van der Waals surface area contributed by atoms with Gasteiger partial charge < -0.3 is 4.74 Å². The van der Waals surface area contributed by atoms with Gasteiger partial charge in [0, 0.05) is 6.07 Å². The lowest BCUT2D eigenvalue weighted by Crippen LogP contribution is -2.36. The molecule has 1 aromatic carbocycles. The van der Waals surface area contributed by atoms with E-state index in [1.54, 1.807) is 6.92 Å². The Hall–Kier alpha value is -2.08. The number of aromatic nitrogens is 2. The molecule has 0 aliphatic rings. The Balaban J connectivity index is 2.73. The van der Waals surface area contributed by atoms with Crippen molar-refractivity contribution in [2.24, 2.45) is 0 Å². The summed E-state index contributed by atoms with van der Waals surface area (Å²) in [5.74, 6) is -0.632. The first kappa shape index (κ1) is 14.3. The third-order valence-corrected chi connectivity index (χ3v) is 3.22. The molecule has 0 aliphatic heterocycles. The number of hydrogen-bond acceptors (Lipinski definition) is 3. The molecule has 0 saturated heterocycles. The van der Waals surface area contributed by atoms with Crippen LogP contribution in [0.3, 0.4) is 0 Å². The van der Waals surface area contributed by atoms with Gasteiger partial charge in [0.15, 0.2) is 11.6 Å². The van der Waals surface area contributed by atoms with Crippen molar-refractivity contribution in [3.63, 3.8) is 0 Å². The molecule has 0 spiro atoms. The highest BCUT2D eigenvalue weighted by Crippen LogP contribution is 2.19. The molecule has 0 unspecified atom stereocenters. The summed E-state index contributed by atoms with van der Waals surface area (Å²) in [6.45, 7) is 1.74. The monoisotopic (exact) mass is 298 g/mol. The molecule has 7 heteroatoms. The van der Waals surface area contributed by atoms with E-state index < -0.39 is 17.1 Å². The molecule has 2 rings (SSSR count). The minimum Gasteiger partial charge on any atom is -0.494 e. The summed E-state index contributed by atoms with van der Waals surface area (Å²) >= 11 is 5.81. The molecule has 0 fully saturated rings. The number of nitrogens with one attached hydrogen (secondary N) is 1. The van der Waals surface area contributed by atoms with Gasteiger partial charge in [-0.05, 0) is 18.6 Å². The van der Waals surface area contributed by atoms with Gasteiger partial charge in [-0.15, -0.1) is 0 Å². The predicted molar refractivity (Wildman–Crippen MR) is 73.6 cm³/mol. The minimum absolute atomic E-state index is 0.00716. The number of methoxy groups -OCH3 is 1. The zero-order valence-corrected chi connectivity index (χ0v) is 11.6. The Bertz CT molecular complexity index is 767. The lowest BCUT2D eigenvalue weighted by molar-refractivity contribution is 0.386. The summed E-state index contributed by atoms with van der Waals surface area (Å²) in [6, 6.07) is 3.82. The van der Waals surface area contributed by atoms with Crippen LogP contribution in [-0.4, -0.2) is 16.7 Å². The number of benzene rings is 1. The summed E-state index contributed by atoms with van der Waals surface area (Å²) in [4.78, 5) is 26.4. The van der Waals surface area contributed by atoms with E-state index in [0.29, 0.717) is 6.42 Å². The molecule has 0 bridgehead atoms. The van der Waals surface area contributed by atoms with Gasteiger partial charge in [0.1, 0.15) is 5.15 Å². The summed E-state index contributed by atoms with van der Waals surface area (Å²) in [5.41, 5.74) is -0.906. The van der Waals surface area contributed by atoms with Crippen LogP contribution in [0.15, 0.2) is 27.8 Å². The molecule has 2 aromatic rings. The zero-order valence-electron chi connectivity index (χ0n) is 10.9. The Morgan fingerprint density at radius 1 is 1.40 bits per heavy atom. The van der Waals surface area contributed by atoms with Crippen molar-refractivity contribution in [2.75, 3.05) is 7.11 Å². The molecule has 1 heterocycles. The molecule has 0 saturated carbocycles. The van der Waals surface area contributed by atoms with E-state index in [0.717, 1.165) is 10.6 Å². The molecule has 0 radical (unpaired) electrons. The van der Waals surface area contributed by atoms with Gasteiger partial charge in [-0.1, -0.05) is 18.5 Å². The van der Waals surface area contributed by atoms with Crippen LogP contribution in [0.25, 0.3) is 5.69 Å². The van der Waals surface area contributed by atoms with E-state index in [-0.39, 0.29) is 22.2 Å². The highest BCUT2D eigenvalue weighted by atomic mass is 35.5. The number of ether oxygens (including phenoxy) is 1. The van der Waals surface area contributed by atoms with Crippen LogP contribution in [0, 0.1) is 5.82 Å². The fourth-order valence-corrected chi connectivity index (χ4v) is 2.18. The Labute approximate surface area is 118 Å². The van der Waals surface area contributed by atoms with Gasteiger partial charge in [0.05, 0.1) is 18.4 Å². The number of aromatic amines is 1. The second kappa shape index (κ2) is 5.50. The Morgan fingerprint density at radius 2 is 2.10 bits per heavy atom. The number of hydrogen-bond donors (Lipinski definition) is 1. The molecule has 0 amide bonds. The summed E-state index contributed by atoms with van der Waals surface area (Å²) in [7, 11) is 1.33. The molecule has 1 aromatic heterocycles. The van der Waals surface area contributed by atoms with Crippen LogP contribution in [0.5, 0.6) is 5.75 Å². The maximum Gasteiger partial charge on any atom is 0.334 e. The van der Waals surface area contributed by atoms with Crippen LogP contribution in [0.4, 0.5) is 4.39 Å². The first-order valence-corrected chi connectivity index (χ1v) is 6.25. The largest absolute Gasteiger partial charge is 0.494 e. The molecule has 0 aliphatic carbocycles. The number of halogens is 2. The second-order valence-electron chi connectivity index (χ2n) is 4.04. The maximum atomic E-state index is 13.7. The van der Waals surface area contributed by atoms with Crippen LogP contribution in [0.2, 0.25) is 5.15 Å². The van der Waals surface area contributed by atoms with Crippen LogP contribution in [-0.2, 0) is 6.42 Å². The predicted octanol–water partition coefficient (Wildman–Crippen LogP) is 1.89. The van der Waals surface area contributed by atoms with Crippen LogP contribution < -0.4 is 16.0 Å².